The van der Waals surface area contributed by atoms with E-state index in [1.165, 1.54) is 17.2 Å². The molecule has 0 N–H and O–H groups in total. The zero-order chi connectivity index (χ0) is 25.4. The number of anilines is 2. The molecule has 0 spiro atoms. The van der Waals surface area contributed by atoms with Gasteiger partial charge in [-0.25, -0.2) is 9.96 Å². The first-order valence-corrected chi connectivity index (χ1v) is 11.6. The molecule has 0 radical (unpaired) electrons. The van der Waals surface area contributed by atoms with Crippen LogP contribution in [0.5, 0.6) is 5.75 Å². The topological polar surface area (TPSA) is 59.1 Å². The summed E-state index contributed by atoms with van der Waals surface area (Å²) in [6, 6.07) is 19.1. The molecule has 2 aliphatic heterocycles. The molecule has 2 aliphatic rings. The standard InChI is InChI=1S/C27H23F3N2O4/c1-2-15-35-21-13-11-19(12-14-21)31-25(33)22-23(17-7-6-8-18(16-17)27(28,29)30)32(36-24(22)26(31)34)20-9-4-3-5-10-20/h3-14,16,22-24H,2,15H2,1H3/t22-,23-,24+/m0/s1. The van der Waals surface area contributed by atoms with Crippen molar-refractivity contribution >= 4 is 23.2 Å². The summed E-state index contributed by atoms with van der Waals surface area (Å²) in [5, 5.41) is 1.37. The third-order valence-corrected chi connectivity index (χ3v) is 6.25. The monoisotopic (exact) mass is 496 g/mol. The molecule has 3 aromatic rings. The first kappa shape index (κ1) is 23.9. The molecule has 6 nitrogen and oxygen atoms in total. The largest absolute Gasteiger partial charge is 0.494 e. The number of fused-ring (bicyclic) bond motifs is 1. The number of imide groups is 1. The number of amides is 2. The lowest BCUT2D eigenvalue weighted by Gasteiger charge is -2.29. The number of hydroxylamine groups is 1. The van der Waals surface area contributed by atoms with E-state index in [9.17, 15) is 22.8 Å². The maximum atomic E-state index is 13.6. The second-order valence-electron chi connectivity index (χ2n) is 8.64. The van der Waals surface area contributed by atoms with Crippen LogP contribution in [0.2, 0.25) is 0 Å². The van der Waals surface area contributed by atoms with Crippen LogP contribution in [0.15, 0.2) is 78.9 Å². The van der Waals surface area contributed by atoms with Crippen LogP contribution in [-0.2, 0) is 20.6 Å². The van der Waals surface area contributed by atoms with Gasteiger partial charge in [0.25, 0.3) is 5.91 Å². The number of alkyl halides is 3. The predicted octanol–water partition coefficient (Wildman–Crippen LogP) is 5.55. The zero-order valence-electron chi connectivity index (χ0n) is 19.3. The van der Waals surface area contributed by atoms with Crippen molar-refractivity contribution in [2.24, 2.45) is 5.92 Å². The van der Waals surface area contributed by atoms with Gasteiger partial charge in [0.1, 0.15) is 11.7 Å². The number of carbonyl (C=O) groups excluding carboxylic acids is 2. The summed E-state index contributed by atoms with van der Waals surface area (Å²) in [5.41, 5.74) is 0.264. The van der Waals surface area contributed by atoms with Gasteiger partial charge in [-0.3, -0.25) is 14.4 Å². The molecular formula is C27H23F3N2O4. The van der Waals surface area contributed by atoms with E-state index in [1.54, 1.807) is 54.6 Å². The Labute approximate surface area is 205 Å². The van der Waals surface area contributed by atoms with Crippen LogP contribution in [0.3, 0.4) is 0 Å². The van der Waals surface area contributed by atoms with E-state index in [-0.39, 0.29) is 5.56 Å². The molecule has 2 saturated heterocycles. The summed E-state index contributed by atoms with van der Waals surface area (Å²) in [7, 11) is 0. The molecule has 0 aromatic heterocycles. The Morgan fingerprint density at radius 1 is 0.889 bits per heavy atom. The van der Waals surface area contributed by atoms with Crippen molar-refractivity contribution < 1.29 is 32.3 Å². The average Bonchev–Trinajstić information content (AvgIpc) is 3.39. The summed E-state index contributed by atoms with van der Waals surface area (Å²) in [6.07, 6.45) is -4.90. The van der Waals surface area contributed by atoms with E-state index in [4.69, 9.17) is 9.57 Å². The summed E-state index contributed by atoms with van der Waals surface area (Å²) >= 11 is 0. The first-order valence-electron chi connectivity index (χ1n) is 11.6. The molecule has 5 rings (SSSR count). The second-order valence-corrected chi connectivity index (χ2v) is 8.64. The number of carbonyl (C=O) groups is 2. The van der Waals surface area contributed by atoms with Gasteiger partial charge >= 0.3 is 6.18 Å². The van der Waals surface area contributed by atoms with Gasteiger partial charge in [-0.1, -0.05) is 37.3 Å². The Hall–Kier alpha value is -3.85. The highest BCUT2D eigenvalue weighted by Gasteiger charge is 2.60. The van der Waals surface area contributed by atoms with Gasteiger partial charge in [-0.2, -0.15) is 13.2 Å². The molecule has 2 amide bonds. The van der Waals surface area contributed by atoms with Gasteiger partial charge in [0, 0.05) is 0 Å². The van der Waals surface area contributed by atoms with Crippen LogP contribution in [0.1, 0.15) is 30.5 Å². The molecule has 0 bridgehead atoms. The van der Waals surface area contributed by atoms with Crippen molar-refractivity contribution in [2.45, 2.75) is 31.7 Å². The van der Waals surface area contributed by atoms with Crippen LogP contribution >= 0.6 is 0 Å². The lowest BCUT2D eigenvalue weighted by Crippen LogP contribution is -2.37. The van der Waals surface area contributed by atoms with Crippen LogP contribution < -0.4 is 14.7 Å². The van der Waals surface area contributed by atoms with Gasteiger partial charge in [0.15, 0.2) is 6.10 Å². The molecule has 2 heterocycles. The molecule has 0 unspecified atom stereocenters. The molecule has 0 saturated carbocycles. The minimum Gasteiger partial charge on any atom is -0.494 e. The van der Waals surface area contributed by atoms with Gasteiger partial charge in [-0.05, 0) is 60.5 Å². The smallest absolute Gasteiger partial charge is 0.416 e. The van der Waals surface area contributed by atoms with Gasteiger partial charge in [-0.15, -0.1) is 0 Å². The molecule has 36 heavy (non-hydrogen) atoms. The number of para-hydroxylation sites is 1. The Bertz CT molecular complexity index is 1260. The Kier molecular flexibility index (Phi) is 6.17. The highest BCUT2D eigenvalue weighted by atomic mass is 19.4. The van der Waals surface area contributed by atoms with Crippen LogP contribution in [-0.4, -0.2) is 24.5 Å². The predicted molar refractivity (Wildman–Crippen MR) is 126 cm³/mol. The molecule has 3 atom stereocenters. The number of benzene rings is 3. The van der Waals surface area contributed by atoms with Gasteiger partial charge in [0.05, 0.1) is 29.6 Å². The minimum absolute atomic E-state index is 0.229. The van der Waals surface area contributed by atoms with Gasteiger partial charge in [0.2, 0.25) is 5.91 Å². The first-order chi connectivity index (χ1) is 17.3. The number of rotatable bonds is 6. The van der Waals surface area contributed by atoms with Crippen LogP contribution in [0.25, 0.3) is 0 Å². The minimum atomic E-state index is -4.56. The van der Waals surface area contributed by atoms with Crippen LogP contribution in [0.4, 0.5) is 24.5 Å². The summed E-state index contributed by atoms with van der Waals surface area (Å²) in [5.74, 6) is -1.53. The van der Waals surface area contributed by atoms with E-state index in [2.05, 4.69) is 0 Å². The molecule has 9 heteroatoms. The van der Waals surface area contributed by atoms with E-state index >= 15 is 0 Å². The fraction of sp³-hybridized carbons (Fsp3) is 0.259. The average molecular weight is 496 g/mol. The molecule has 2 fully saturated rings. The normalized spacial score (nSPS) is 21.7. The van der Waals surface area contributed by atoms with Gasteiger partial charge < -0.3 is 4.74 Å². The molecule has 0 aliphatic carbocycles. The van der Waals surface area contributed by atoms with E-state index < -0.39 is 41.6 Å². The van der Waals surface area contributed by atoms with Crippen molar-refractivity contribution in [2.75, 3.05) is 16.6 Å². The van der Waals surface area contributed by atoms with Crippen molar-refractivity contribution in [1.29, 1.82) is 0 Å². The third-order valence-electron chi connectivity index (χ3n) is 6.25. The van der Waals surface area contributed by atoms with E-state index in [0.717, 1.165) is 23.5 Å². The Morgan fingerprint density at radius 2 is 1.61 bits per heavy atom. The lowest BCUT2D eigenvalue weighted by molar-refractivity contribution is -0.137. The highest BCUT2D eigenvalue weighted by Crippen LogP contribution is 2.48. The second kappa shape index (κ2) is 9.31. The maximum absolute atomic E-state index is 13.6. The van der Waals surface area contributed by atoms with E-state index in [0.29, 0.717) is 23.7 Å². The van der Waals surface area contributed by atoms with Crippen molar-refractivity contribution in [3.05, 3.63) is 90.0 Å². The van der Waals surface area contributed by atoms with Crippen molar-refractivity contribution in [3.63, 3.8) is 0 Å². The SMILES string of the molecule is CCCOc1ccc(N2C(=O)[C@@H]3[C@@H](ON(c4ccccc4)[C@H]3c3cccc(C(F)(F)F)c3)C2=O)cc1. The van der Waals surface area contributed by atoms with E-state index in [1.807, 2.05) is 6.92 Å². The fourth-order valence-corrected chi connectivity index (χ4v) is 4.62. The van der Waals surface area contributed by atoms with Crippen LogP contribution in [0, 0.1) is 5.92 Å². The summed E-state index contributed by atoms with van der Waals surface area (Å²) in [4.78, 5) is 34.1. The number of hydrogen-bond acceptors (Lipinski definition) is 5. The summed E-state index contributed by atoms with van der Waals surface area (Å²) in [6.45, 7) is 2.52. The fourth-order valence-electron chi connectivity index (χ4n) is 4.62. The van der Waals surface area contributed by atoms with Crippen molar-refractivity contribution in [3.8, 4) is 5.75 Å². The Balaban J connectivity index is 1.53. The van der Waals surface area contributed by atoms with Crippen molar-refractivity contribution in [1.82, 2.24) is 0 Å². The molecule has 186 valence electrons. The number of nitrogens with zero attached hydrogens (tertiary/aromatic N) is 2. The number of ether oxygens (including phenoxy) is 1. The molecular weight excluding hydrogens is 473 g/mol. The maximum Gasteiger partial charge on any atom is 0.416 e. The quantitative estimate of drug-likeness (QED) is 0.419. The summed E-state index contributed by atoms with van der Waals surface area (Å²) < 4.78 is 46.0. The number of halogens is 3. The number of hydrogen-bond donors (Lipinski definition) is 0. The molecule has 3 aromatic carbocycles. The Morgan fingerprint density at radius 3 is 2.28 bits per heavy atom. The zero-order valence-corrected chi connectivity index (χ0v) is 19.3. The third kappa shape index (κ3) is 4.19. The highest BCUT2D eigenvalue weighted by molar-refractivity contribution is 6.23. The lowest BCUT2D eigenvalue weighted by atomic mass is 9.89.